The molecule has 9 N–H and O–H groups in total. The van der Waals surface area contributed by atoms with Crippen LogP contribution in [0.4, 0.5) is 0 Å². The van der Waals surface area contributed by atoms with Crippen molar-refractivity contribution in [2.45, 2.75) is 72.8 Å². The van der Waals surface area contributed by atoms with Gasteiger partial charge in [-0.25, -0.2) is 9.59 Å². The molecule has 1 amide bonds. The molecule has 1 saturated heterocycles. The van der Waals surface area contributed by atoms with Crippen LogP contribution in [0.1, 0.15) is 100 Å². The lowest BCUT2D eigenvalue weighted by Crippen LogP contribution is -2.42. The molecule has 5 heterocycles. The summed E-state index contributed by atoms with van der Waals surface area (Å²) in [5.74, 6) is -7.04. The fraction of sp³-hybridized carbons (Fsp3) is 0.342. The lowest BCUT2D eigenvalue weighted by Gasteiger charge is -2.20. The number of aromatic carboxylic acids is 1. The van der Waals surface area contributed by atoms with E-state index < -0.39 is 54.6 Å². The Bertz CT molecular complexity index is 2210. The van der Waals surface area contributed by atoms with Gasteiger partial charge in [-0.15, -0.1) is 0 Å². The van der Waals surface area contributed by atoms with Gasteiger partial charge in [0.05, 0.1) is 24.1 Å². The first-order chi connectivity index (χ1) is 24.6. The van der Waals surface area contributed by atoms with Gasteiger partial charge in [0.25, 0.3) is 0 Å². The molecule has 0 radical (unpaired) electrons. The number of carboxylic acids is 4. The summed E-state index contributed by atoms with van der Waals surface area (Å²) in [6, 6.07) is -1.75. The zero-order valence-corrected chi connectivity index (χ0v) is 29.6. The third-order valence-corrected chi connectivity index (χ3v) is 10.1. The maximum Gasteiger partial charge on any atom is 0.338 e. The van der Waals surface area contributed by atoms with Crippen LogP contribution in [-0.4, -0.2) is 71.2 Å². The fourth-order valence-electron chi connectivity index (χ4n) is 7.34. The highest BCUT2D eigenvalue weighted by atomic mass is 16.4. The van der Waals surface area contributed by atoms with Crippen molar-refractivity contribution in [3.8, 4) is 0 Å². The summed E-state index contributed by atoms with van der Waals surface area (Å²) in [4.78, 5) is 72.0. The van der Waals surface area contributed by atoms with Crippen molar-refractivity contribution in [2.24, 2.45) is 11.8 Å². The van der Waals surface area contributed by atoms with Crippen molar-refractivity contribution in [2.75, 3.05) is 0 Å². The molecule has 3 aromatic rings. The van der Waals surface area contributed by atoms with E-state index in [2.05, 4.69) is 32.2 Å². The minimum Gasteiger partial charge on any atom is -0.481 e. The Balaban J connectivity index is 1.88. The van der Waals surface area contributed by atoms with Crippen molar-refractivity contribution < 1.29 is 44.4 Å². The van der Waals surface area contributed by atoms with Crippen molar-refractivity contribution in [3.05, 3.63) is 84.8 Å². The van der Waals surface area contributed by atoms with Crippen LogP contribution in [0, 0.1) is 32.6 Å². The fourth-order valence-corrected chi connectivity index (χ4v) is 7.34. The Morgan fingerprint density at radius 2 is 1.56 bits per heavy atom. The van der Waals surface area contributed by atoms with Crippen molar-refractivity contribution in [1.82, 2.24) is 25.6 Å². The Morgan fingerprint density at radius 1 is 0.885 bits per heavy atom. The maximum absolute atomic E-state index is 13.7. The molecule has 0 spiro atoms. The average Bonchev–Trinajstić information content (AvgIpc) is 3.74. The Hall–Kier alpha value is -6.05. The molecular weight excluding hydrogens is 670 g/mol. The minimum atomic E-state index is -1.75. The normalized spacial score (nSPS) is 17.0. The summed E-state index contributed by atoms with van der Waals surface area (Å²) < 4.78 is 0. The number of hydrogen-bond donors (Lipinski definition) is 9. The van der Waals surface area contributed by atoms with E-state index in [0.29, 0.717) is 29.1 Å². The Labute approximate surface area is 298 Å². The van der Waals surface area contributed by atoms with Gasteiger partial charge in [0, 0.05) is 68.6 Å². The smallest absolute Gasteiger partial charge is 0.338 e. The molecule has 0 aliphatic carbocycles. The van der Waals surface area contributed by atoms with E-state index in [1.165, 1.54) is 0 Å². The van der Waals surface area contributed by atoms with Crippen LogP contribution in [0.2, 0.25) is 0 Å². The van der Waals surface area contributed by atoms with Gasteiger partial charge in [0.15, 0.2) is 0 Å². The summed E-state index contributed by atoms with van der Waals surface area (Å²) >= 11 is 0. The molecule has 0 saturated carbocycles. The predicted octanol–water partition coefficient (Wildman–Crippen LogP) is 3.38. The highest BCUT2D eigenvalue weighted by molar-refractivity contribution is 6.00. The third-order valence-electron chi connectivity index (χ3n) is 10.1. The summed E-state index contributed by atoms with van der Waals surface area (Å²) in [6.45, 7) is 13.6. The average molecular weight is 714 g/mol. The molecular formula is C38H43N5O9. The predicted molar refractivity (Wildman–Crippen MR) is 193 cm³/mol. The first-order valence-electron chi connectivity index (χ1n) is 17.0. The molecule has 8 bridgehead atoms. The van der Waals surface area contributed by atoms with Crippen molar-refractivity contribution in [3.63, 3.8) is 0 Å². The number of nitrogens with one attached hydrogen (secondary N) is 5. The molecule has 14 heteroatoms. The second-order valence-electron chi connectivity index (χ2n) is 13.3. The molecule has 274 valence electrons. The van der Waals surface area contributed by atoms with Crippen LogP contribution in [0.5, 0.6) is 0 Å². The van der Waals surface area contributed by atoms with Gasteiger partial charge in [-0.1, -0.05) is 26.5 Å². The Kier molecular flexibility index (Phi) is 10.5. The summed E-state index contributed by atoms with van der Waals surface area (Å²) in [6.07, 6.45) is 6.64. The van der Waals surface area contributed by atoms with E-state index in [-0.39, 0.29) is 35.6 Å². The van der Waals surface area contributed by atoms with E-state index in [4.69, 9.17) is 0 Å². The number of H-pyrrole nitrogens is 3. The van der Waals surface area contributed by atoms with Crippen LogP contribution in [0.15, 0.2) is 18.0 Å². The second-order valence-corrected chi connectivity index (χ2v) is 13.3. The summed E-state index contributed by atoms with van der Waals surface area (Å²) in [7, 11) is 0. The van der Waals surface area contributed by atoms with E-state index in [1.54, 1.807) is 13.0 Å². The number of amides is 1. The number of carboxylic acid groups (broad SMARTS) is 4. The number of aliphatic carboxylic acids is 3. The molecule has 0 aromatic carbocycles. The highest BCUT2D eigenvalue weighted by Gasteiger charge is 2.38. The van der Waals surface area contributed by atoms with Gasteiger partial charge in [-0.2, -0.15) is 0 Å². The van der Waals surface area contributed by atoms with Crippen molar-refractivity contribution >= 4 is 59.7 Å². The van der Waals surface area contributed by atoms with Gasteiger partial charge in [-0.05, 0) is 74.1 Å². The second kappa shape index (κ2) is 14.7. The standard InChI is InChI=1S/C38H43N5O9/c1-7-20-16(3)24-12-26-18(5)22(9-10-32(45)46)35(42-26)23(11-31(44)41-30(37(49)50)15-33(47)48)36-34(38(51)52)19(6)27(43-36)14-29-21(8-2)17(4)25(40-29)13-28(20)39-24/h7,12-14,18,22,30,39-40,42-43H,1,8-11,15H2,2-6H3,(H,41,44)(H,45,46)(H,47,48)(H,49,50)(H,51,52)/t18?,22-,30-/m0/s1. The maximum atomic E-state index is 13.7. The van der Waals surface area contributed by atoms with E-state index in [1.807, 2.05) is 45.9 Å². The van der Waals surface area contributed by atoms with E-state index in [9.17, 15) is 44.4 Å². The first kappa shape index (κ1) is 37.2. The lowest BCUT2D eigenvalue weighted by molar-refractivity contribution is -0.147. The number of allylic oxidation sites excluding steroid dienone is 2. The lowest BCUT2D eigenvalue weighted by atomic mass is 9.85. The molecule has 3 atom stereocenters. The molecule has 1 unspecified atom stereocenters. The van der Waals surface area contributed by atoms with Crippen LogP contribution in [-0.2, 0) is 25.6 Å². The van der Waals surface area contributed by atoms with Crippen LogP contribution >= 0.6 is 0 Å². The number of aromatic amines is 3. The number of aromatic nitrogens is 3. The molecule has 3 aromatic heterocycles. The van der Waals surface area contributed by atoms with Gasteiger partial charge >= 0.3 is 23.9 Å². The zero-order chi connectivity index (χ0) is 38.2. The molecule has 52 heavy (non-hydrogen) atoms. The quantitative estimate of drug-likeness (QED) is 0.133. The zero-order valence-electron chi connectivity index (χ0n) is 29.6. The van der Waals surface area contributed by atoms with Crippen LogP contribution < -0.4 is 21.3 Å². The molecule has 5 rings (SSSR count). The topological polar surface area (TPSA) is 238 Å². The van der Waals surface area contributed by atoms with E-state index in [0.717, 1.165) is 44.3 Å². The number of rotatable bonds is 12. The van der Waals surface area contributed by atoms with Gasteiger partial charge in [-0.3, -0.25) is 14.4 Å². The number of hydrogen-bond acceptors (Lipinski definition) is 6. The van der Waals surface area contributed by atoms with E-state index >= 15 is 0 Å². The summed E-state index contributed by atoms with van der Waals surface area (Å²) in [5, 5.41) is 46.5. The SMILES string of the molecule is C=Cc1c2[nH]c(c1C)C=C1NC(=C(CC(=O)N[C@@H](CC(=O)O)C(=O)O)c3[nH]c(c(C)c3C(=O)O)C=c3[nH]c(c(C)c3CC)=C2)[C@@H](CCC(=O)O)C1C. The number of carbonyl (C=O) groups is 5. The molecule has 14 nitrogen and oxygen atoms in total. The van der Waals surface area contributed by atoms with Gasteiger partial charge in [0.1, 0.15) is 6.04 Å². The van der Waals surface area contributed by atoms with Crippen LogP contribution in [0.3, 0.4) is 0 Å². The molecule has 1 fully saturated rings. The van der Waals surface area contributed by atoms with Gasteiger partial charge < -0.3 is 46.0 Å². The highest BCUT2D eigenvalue weighted by Crippen LogP contribution is 2.43. The van der Waals surface area contributed by atoms with Crippen molar-refractivity contribution in [1.29, 1.82) is 0 Å². The minimum absolute atomic E-state index is 0.0836. The van der Waals surface area contributed by atoms with Gasteiger partial charge in [0.2, 0.25) is 5.91 Å². The number of carbonyl (C=O) groups excluding carboxylic acids is 1. The third kappa shape index (κ3) is 7.09. The largest absolute Gasteiger partial charge is 0.481 e. The first-order valence-corrected chi connectivity index (χ1v) is 17.0. The monoisotopic (exact) mass is 713 g/mol. The summed E-state index contributed by atoms with van der Waals surface area (Å²) in [5.41, 5.74) is 7.42. The van der Waals surface area contributed by atoms with Crippen LogP contribution in [0.25, 0.3) is 29.9 Å². The molecule has 2 aliphatic rings. The Morgan fingerprint density at radius 3 is 2.15 bits per heavy atom. The number of fused-ring (bicyclic) bond motifs is 8. The molecule has 2 aliphatic heterocycles.